The molecular formula is C4H2Br2F4O. The molecular weight excluding hydrogens is 300 g/mol. The first-order valence-corrected chi connectivity index (χ1v) is 4.34. The van der Waals surface area contributed by atoms with Crippen molar-refractivity contribution in [2.45, 2.75) is 21.9 Å². The summed E-state index contributed by atoms with van der Waals surface area (Å²) < 4.78 is 52.4. The molecule has 1 heterocycles. The van der Waals surface area contributed by atoms with E-state index in [1.807, 2.05) is 0 Å². The average Bonchev–Trinajstić information content (AvgIpc) is 1.91. The van der Waals surface area contributed by atoms with Gasteiger partial charge in [-0.3, -0.25) is 4.74 Å². The van der Waals surface area contributed by atoms with Crippen molar-refractivity contribution in [2.24, 2.45) is 0 Å². The molecule has 2 atom stereocenters. The lowest BCUT2D eigenvalue weighted by atomic mass is 10.3. The van der Waals surface area contributed by atoms with E-state index < -0.39 is 21.9 Å². The fourth-order valence-corrected chi connectivity index (χ4v) is 1.44. The van der Waals surface area contributed by atoms with E-state index in [2.05, 4.69) is 36.6 Å². The topological polar surface area (TPSA) is 9.23 Å². The van der Waals surface area contributed by atoms with Crippen LogP contribution >= 0.6 is 31.9 Å². The maximum Gasteiger partial charge on any atom is 0.374 e. The summed E-state index contributed by atoms with van der Waals surface area (Å²) in [5.41, 5.74) is 0. The van der Waals surface area contributed by atoms with E-state index in [0.717, 1.165) is 0 Å². The van der Waals surface area contributed by atoms with Crippen molar-refractivity contribution in [2.75, 3.05) is 0 Å². The minimum absolute atomic E-state index is 1.70. The third-order valence-corrected chi connectivity index (χ3v) is 4.00. The van der Waals surface area contributed by atoms with Gasteiger partial charge in [-0.05, 0) is 0 Å². The summed E-state index contributed by atoms with van der Waals surface area (Å²) in [6.45, 7) is 0. The molecule has 0 aliphatic carbocycles. The van der Waals surface area contributed by atoms with Crippen LogP contribution in [0.2, 0.25) is 0 Å². The van der Waals surface area contributed by atoms with Gasteiger partial charge in [-0.2, -0.15) is 17.6 Å². The lowest BCUT2D eigenvalue weighted by Crippen LogP contribution is -2.28. The van der Waals surface area contributed by atoms with Gasteiger partial charge in [-0.1, -0.05) is 31.9 Å². The van der Waals surface area contributed by atoms with E-state index in [-0.39, 0.29) is 0 Å². The fraction of sp³-hybridized carbons (Fsp3) is 1.00. The largest absolute Gasteiger partial charge is 0.374 e. The normalized spacial score (nSPS) is 40.9. The first-order valence-electron chi connectivity index (χ1n) is 2.51. The molecule has 1 rings (SSSR count). The van der Waals surface area contributed by atoms with Gasteiger partial charge in [0.2, 0.25) is 0 Å². The Labute approximate surface area is 76.3 Å². The van der Waals surface area contributed by atoms with Crippen LogP contribution in [0.5, 0.6) is 0 Å². The van der Waals surface area contributed by atoms with Crippen LogP contribution in [0.1, 0.15) is 0 Å². The molecule has 1 aliphatic rings. The van der Waals surface area contributed by atoms with E-state index in [1.165, 1.54) is 0 Å². The summed E-state index contributed by atoms with van der Waals surface area (Å²) in [5, 5.41) is 0. The highest BCUT2D eigenvalue weighted by Gasteiger charge is 2.65. The summed E-state index contributed by atoms with van der Waals surface area (Å²) in [6.07, 6.45) is -7.64. The summed E-state index contributed by atoms with van der Waals surface area (Å²) in [6, 6.07) is 0. The molecule has 11 heavy (non-hydrogen) atoms. The van der Waals surface area contributed by atoms with Crippen LogP contribution in [0.3, 0.4) is 0 Å². The Morgan fingerprint density at radius 3 is 1.27 bits per heavy atom. The SMILES string of the molecule is FC1(F)OC(F)(F)C(Br)C1Br. The van der Waals surface area contributed by atoms with E-state index in [1.54, 1.807) is 0 Å². The van der Waals surface area contributed by atoms with Crippen LogP contribution in [0.25, 0.3) is 0 Å². The number of ether oxygens (including phenoxy) is 1. The van der Waals surface area contributed by atoms with Crippen molar-refractivity contribution in [1.82, 2.24) is 0 Å². The monoisotopic (exact) mass is 300 g/mol. The quantitative estimate of drug-likeness (QED) is 0.494. The first kappa shape index (κ1) is 9.73. The molecule has 0 saturated carbocycles. The first-order chi connectivity index (χ1) is 4.77. The molecule has 2 unspecified atom stereocenters. The van der Waals surface area contributed by atoms with Gasteiger partial charge >= 0.3 is 12.2 Å². The van der Waals surface area contributed by atoms with Gasteiger partial charge in [0.05, 0.1) is 0 Å². The Morgan fingerprint density at radius 2 is 1.18 bits per heavy atom. The highest BCUT2D eigenvalue weighted by Crippen LogP contribution is 2.49. The van der Waals surface area contributed by atoms with Crippen molar-refractivity contribution < 1.29 is 22.3 Å². The smallest absolute Gasteiger partial charge is 0.253 e. The minimum Gasteiger partial charge on any atom is -0.253 e. The Morgan fingerprint density at radius 1 is 0.909 bits per heavy atom. The van der Waals surface area contributed by atoms with E-state index >= 15 is 0 Å². The molecule has 7 heteroatoms. The second-order valence-corrected chi connectivity index (χ2v) is 4.00. The zero-order valence-electron chi connectivity index (χ0n) is 4.83. The van der Waals surface area contributed by atoms with Gasteiger partial charge < -0.3 is 0 Å². The molecule has 0 N–H and O–H groups in total. The summed E-state index contributed by atoms with van der Waals surface area (Å²) >= 11 is 4.80. The van der Waals surface area contributed by atoms with Crippen molar-refractivity contribution in [3.8, 4) is 0 Å². The number of hydrogen-bond donors (Lipinski definition) is 0. The molecule has 1 aliphatic heterocycles. The number of rotatable bonds is 0. The Kier molecular flexibility index (Phi) is 2.27. The van der Waals surface area contributed by atoms with Crippen LogP contribution < -0.4 is 0 Å². The number of alkyl halides is 6. The second-order valence-electron chi connectivity index (χ2n) is 2.03. The van der Waals surface area contributed by atoms with Crippen LogP contribution in [0.15, 0.2) is 0 Å². The van der Waals surface area contributed by atoms with Crippen molar-refractivity contribution in [3.63, 3.8) is 0 Å². The van der Waals surface area contributed by atoms with Gasteiger partial charge in [0.1, 0.15) is 9.65 Å². The van der Waals surface area contributed by atoms with Crippen molar-refractivity contribution in [1.29, 1.82) is 0 Å². The Balaban J connectivity index is 2.86. The van der Waals surface area contributed by atoms with Gasteiger partial charge in [0.15, 0.2) is 0 Å². The van der Waals surface area contributed by atoms with E-state index in [9.17, 15) is 17.6 Å². The van der Waals surface area contributed by atoms with Gasteiger partial charge in [0.25, 0.3) is 0 Å². The lowest BCUT2D eigenvalue weighted by Gasteiger charge is -2.10. The predicted octanol–water partition coefficient (Wildman–Crippen LogP) is 2.73. The van der Waals surface area contributed by atoms with Crippen molar-refractivity contribution in [3.05, 3.63) is 0 Å². The van der Waals surface area contributed by atoms with Gasteiger partial charge in [-0.25, -0.2) is 0 Å². The highest BCUT2D eigenvalue weighted by atomic mass is 79.9. The van der Waals surface area contributed by atoms with Crippen LogP contribution in [-0.2, 0) is 4.74 Å². The Bertz CT molecular complexity index is 155. The molecule has 66 valence electrons. The van der Waals surface area contributed by atoms with Crippen LogP contribution in [0, 0.1) is 0 Å². The van der Waals surface area contributed by atoms with Gasteiger partial charge in [-0.15, -0.1) is 0 Å². The zero-order valence-corrected chi connectivity index (χ0v) is 8.00. The lowest BCUT2D eigenvalue weighted by molar-refractivity contribution is -0.327. The summed E-state index contributed by atoms with van der Waals surface area (Å²) in [4.78, 5) is -3.41. The minimum atomic E-state index is -3.82. The summed E-state index contributed by atoms with van der Waals surface area (Å²) in [5.74, 6) is 0. The maximum atomic E-state index is 12.3. The number of hydrogen-bond acceptors (Lipinski definition) is 1. The van der Waals surface area contributed by atoms with E-state index in [4.69, 9.17) is 0 Å². The van der Waals surface area contributed by atoms with Crippen LogP contribution in [-0.4, -0.2) is 21.9 Å². The van der Waals surface area contributed by atoms with Gasteiger partial charge in [0, 0.05) is 0 Å². The fourth-order valence-electron chi connectivity index (χ4n) is 0.635. The second kappa shape index (κ2) is 2.56. The average molecular weight is 302 g/mol. The van der Waals surface area contributed by atoms with Crippen LogP contribution in [0.4, 0.5) is 17.6 Å². The Hall–Kier alpha value is 0.640. The maximum absolute atomic E-state index is 12.3. The third kappa shape index (κ3) is 1.55. The number of halogens is 6. The van der Waals surface area contributed by atoms with Crippen molar-refractivity contribution >= 4 is 31.9 Å². The molecule has 1 saturated heterocycles. The molecule has 0 amide bonds. The third-order valence-electron chi connectivity index (χ3n) is 1.17. The summed E-state index contributed by atoms with van der Waals surface area (Å²) in [7, 11) is 0. The van der Waals surface area contributed by atoms with E-state index in [0.29, 0.717) is 0 Å². The standard InChI is InChI=1S/C4H2Br2F4O/c5-1-2(6)4(9,10)11-3(1,7)8/h1-2H. The molecule has 0 aromatic carbocycles. The molecule has 0 aromatic heterocycles. The zero-order chi connectivity index (χ0) is 8.86. The highest BCUT2D eigenvalue weighted by molar-refractivity contribution is 9.12. The molecule has 1 fully saturated rings. The molecule has 0 bridgehead atoms. The molecule has 1 nitrogen and oxygen atoms in total. The molecule has 0 spiro atoms. The molecule has 0 radical (unpaired) electrons. The predicted molar refractivity (Wildman–Crippen MR) is 36.4 cm³/mol. The molecule has 0 aromatic rings.